The van der Waals surface area contributed by atoms with E-state index < -0.39 is 24.4 Å². The van der Waals surface area contributed by atoms with Crippen LogP contribution >= 0.6 is 0 Å². The van der Waals surface area contributed by atoms with Crippen LogP contribution in [0.3, 0.4) is 0 Å². The van der Waals surface area contributed by atoms with Crippen molar-refractivity contribution in [2.75, 3.05) is 18.1 Å². The Morgan fingerprint density at radius 1 is 1.22 bits per heavy atom. The standard InChI is InChI=1S/C15H17N3O5/c1-10(19)16-17-13(20)9-23-15(22)11-5-2-3-6-12(11)18-8-4-7-14(18)21/h2-3,5-6H,4,7-9H2,1H3,(H,16,19)(H,17,20). The molecule has 1 aromatic carbocycles. The molecule has 2 rings (SSSR count). The van der Waals surface area contributed by atoms with E-state index in [9.17, 15) is 19.2 Å². The second-order valence-electron chi connectivity index (χ2n) is 4.97. The van der Waals surface area contributed by atoms with Gasteiger partial charge < -0.3 is 9.64 Å². The molecule has 0 spiro atoms. The van der Waals surface area contributed by atoms with E-state index in [1.165, 1.54) is 17.9 Å². The lowest BCUT2D eigenvalue weighted by atomic mass is 10.1. The predicted octanol–water partition coefficient (Wildman–Crippen LogP) is 0.137. The number of hydrogen-bond acceptors (Lipinski definition) is 5. The summed E-state index contributed by atoms with van der Waals surface area (Å²) in [7, 11) is 0. The maximum atomic E-state index is 12.1. The van der Waals surface area contributed by atoms with Gasteiger partial charge in [0.15, 0.2) is 6.61 Å². The summed E-state index contributed by atoms with van der Waals surface area (Å²) >= 11 is 0. The highest BCUT2D eigenvalue weighted by atomic mass is 16.5. The zero-order valence-corrected chi connectivity index (χ0v) is 12.6. The van der Waals surface area contributed by atoms with Gasteiger partial charge in [-0.15, -0.1) is 0 Å². The maximum Gasteiger partial charge on any atom is 0.340 e. The molecular formula is C15H17N3O5. The van der Waals surface area contributed by atoms with Crippen LogP contribution in [0.4, 0.5) is 5.69 Å². The van der Waals surface area contributed by atoms with E-state index in [1.54, 1.807) is 18.2 Å². The number of amides is 3. The topological polar surface area (TPSA) is 105 Å². The van der Waals surface area contributed by atoms with Crippen LogP contribution in [-0.4, -0.2) is 36.8 Å². The summed E-state index contributed by atoms with van der Waals surface area (Å²) < 4.78 is 4.92. The van der Waals surface area contributed by atoms with Crippen LogP contribution in [0.5, 0.6) is 0 Å². The number of esters is 1. The zero-order valence-electron chi connectivity index (χ0n) is 12.6. The lowest BCUT2D eigenvalue weighted by Crippen LogP contribution is -2.42. The largest absolute Gasteiger partial charge is 0.452 e. The van der Waals surface area contributed by atoms with Gasteiger partial charge in [0, 0.05) is 19.9 Å². The first-order valence-electron chi connectivity index (χ1n) is 7.11. The lowest BCUT2D eigenvalue weighted by Gasteiger charge is -2.18. The summed E-state index contributed by atoms with van der Waals surface area (Å²) in [6.45, 7) is 1.24. The minimum atomic E-state index is -0.710. The van der Waals surface area contributed by atoms with Crippen molar-refractivity contribution in [3.63, 3.8) is 0 Å². The summed E-state index contributed by atoms with van der Waals surface area (Å²) in [4.78, 5) is 47.6. The molecule has 8 heteroatoms. The van der Waals surface area contributed by atoms with Crippen molar-refractivity contribution in [2.45, 2.75) is 19.8 Å². The number of carbonyl (C=O) groups is 4. The Morgan fingerprint density at radius 2 is 1.96 bits per heavy atom. The number of hydrazine groups is 1. The number of nitrogens with zero attached hydrogens (tertiary/aromatic N) is 1. The molecule has 1 aromatic rings. The van der Waals surface area contributed by atoms with E-state index in [2.05, 4.69) is 10.9 Å². The minimum absolute atomic E-state index is 0.0475. The summed E-state index contributed by atoms with van der Waals surface area (Å²) in [6, 6.07) is 6.57. The third kappa shape index (κ3) is 4.29. The molecule has 0 aliphatic carbocycles. The Balaban J connectivity index is 2.01. The van der Waals surface area contributed by atoms with Crippen molar-refractivity contribution in [3.8, 4) is 0 Å². The first-order valence-corrected chi connectivity index (χ1v) is 7.11. The van der Waals surface area contributed by atoms with E-state index in [0.29, 0.717) is 18.7 Å². The molecule has 1 saturated heterocycles. The number of para-hydroxylation sites is 1. The molecule has 0 aromatic heterocycles. The SMILES string of the molecule is CC(=O)NNC(=O)COC(=O)c1ccccc1N1CCCC1=O. The molecular weight excluding hydrogens is 302 g/mol. The number of benzene rings is 1. The molecule has 0 bridgehead atoms. The molecule has 122 valence electrons. The third-order valence-corrected chi connectivity index (χ3v) is 3.20. The summed E-state index contributed by atoms with van der Waals surface area (Å²) in [5.74, 6) is -1.86. The molecule has 8 nitrogen and oxygen atoms in total. The number of ether oxygens (including phenoxy) is 1. The summed E-state index contributed by atoms with van der Waals surface area (Å²) in [5.41, 5.74) is 4.87. The minimum Gasteiger partial charge on any atom is -0.452 e. The highest BCUT2D eigenvalue weighted by Gasteiger charge is 2.26. The van der Waals surface area contributed by atoms with Crippen molar-refractivity contribution in [1.29, 1.82) is 0 Å². The molecule has 3 amide bonds. The molecule has 1 heterocycles. The third-order valence-electron chi connectivity index (χ3n) is 3.20. The smallest absolute Gasteiger partial charge is 0.340 e. The molecule has 1 fully saturated rings. The van der Waals surface area contributed by atoms with E-state index in [4.69, 9.17) is 4.74 Å². The van der Waals surface area contributed by atoms with E-state index >= 15 is 0 Å². The van der Waals surface area contributed by atoms with Crippen LogP contribution in [0.2, 0.25) is 0 Å². The first-order chi connectivity index (χ1) is 11.0. The molecule has 2 N–H and O–H groups in total. The normalized spacial score (nSPS) is 13.6. The quantitative estimate of drug-likeness (QED) is 0.606. The number of carbonyl (C=O) groups excluding carboxylic acids is 4. The van der Waals surface area contributed by atoms with E-state index in [1.807, 2.05) is 0 Å². The second kappa shape index (κ2) is 7.39. The van der Waals surface area contributed by atoms with Gasteiger partial charge in [-0.2, -0.15) is 0 Å². The van der Waals surface area contributed by atoms with Gasteiger partial charge in [0.2, 0.25) is 11.8 Å². The van der Waals surface area contributed by atoms with Crippen LogP contribution < -0.4 is 15.8 Å². The molecule has 1 aliphatic rings. The fourth-order valence-corrected chi connectivity index (χ4v) is 2.19. The van der Waals surface area contributed by atoms with E-state index in [-0.39, 0.29) is 11.5 Å². The summed E-state index contributed by atoms with van der Waals surface area (Å²) in [5, 5.41) is 0. The summed E-state index contributed by atoms with van der Waals surface area (Å²) in [6.07, 6.45) is 1.18. The Labute approximate surface area is 132 Å². The van der Waals surface area contributed by atoms with E-state index in [0.717, 1.165) is 6.42 Å². The van der Waals surface area contributed by atoms with Crippen LogP contribution in [-0.2, 0) is 19.1 Å². The average molecular weight is 319 g/mol. The van der Waals surface area contributed by atoms with Crippen LogP contribution in [0.1, 0.15) is 30.1 Å². The monoisotopic (exact) mass is 319 g/mol. The van der Waals surface area contributed by atoms with Gasteiger partial charge in [0.25, 0.3) is 5.91 Å². The molecule has 0 unspecified atom stereocenters. The second-order valence-corrected chi connectivity index (χ2v) is 4.97. The molecule has 0 atom stereocenters. The van der Waals surface area contributed by atoms with Crippen molar-refractivity contribution >= 4 is 29.4 Å². The van der Waals surface area contributed by atoms with Crippen molar-refractivity contribution in [2.24, 2.45) is 0 Å². The fourth-order valence-electron chi connectivity index (χ4n) is 2.19. The number of nitrogens with one attached hydrogen (secondary N) is 2. The van der Waals surface area contributed by atoms with Crippen molar-refractivity contribution in [3.05, 3.63) is 29.8 Å². The average Bonchev–Trinajstić information content (AvgIpc) is 2.96. The van der Waals surface area contributed by atoms with Crippen molar-refractivity contribution < 1.29 is 23.9 Å². The van der Waals surface area contributed by atoms with Crippen LogP contribution in [0, 0.1) is 0 Å². The number of hydrogen-bond donors (Lipinski definition) is 2. The number of rotatable bonds is 4. The zero-order chi connectivity index (χ0) is 16.8. The van der Waals surface area contributed by atoms with Gasteiger partial charge in [0.1, 0.15) is 0 Å². The van der Waals surface area contributed by atoms with Gasteiger partial charge in [-0.05, 0) is 18.6 Å². The maximum absolute atomic E-state index is 12.1. The fraction of sp³-hybridized carbons (Fsp3) is 0.333. The predicted molar refractivity (Wildman–Crippen MR) is 80.3 cm³/mol. The Morgan fingerprint density at radius 3 is 2.61 bits per heavy atom. The highest BCUT2D eigenvalue weighted by molar-refractivity contribution is 6.03. The van der Waals surface area contributed by atoms with Gasteiger partial charge in [-0.1, -0.05) is 12.1 Å². The van der Waals surface area contributed by atoms with Gasteiger partial charge in [-0.25, -0.2) is 4.79 Å². The Kier molecular flexibility index (Phi) is 5.29. The molecule has 1 aliphatic heterocycles. The van der Waals surface area contributed by atoms with Crippen LogP contribution in [0.15, 0.2) is 24.3 Å². The first kappa shape index (κ1) is 16.5. The molecule has 0 radical (unpaired) electrons. The molecule has 23 heavy (non-hydrogen) atoms. The number of anilines is 1. The Hall–Kier alpha value is -2.90. The lowest BCUT2D eigenvalue weighted by molar-refractivity contribution is -0.129. The van der Waals surface area contributed by atoms with Crippen molar-refractivity contribution in [1.82, 2.24) is 10.9 Å². The van der Waals surface area contributed by atoms with Gasteiger partial charge >= 0.3 is 5.97 Å². The Bertz CT molecular complexity index is 644. The molecule has 0 saturated carbocycles. The van der Waals surface area contributed by atoms with Gasteiger partial charge in [0.05, 0.1) is 11.3 Å². The highest BCUT2D eigenvalue weighted by Crippen LogP contribution is 2.25. The van der Waals surface area contributed by atoms with Crippen LogP contribution in [0.25, 0.3) is 0 Å². The van der Waals surface area contributed by atoms with Gasteiger partial charge in [-0.3, -0.25) is 25.2 Å².